The molecule has 1 aliphatic rings. The number of para-hydroxylation sites is 1. The van der Waals surface area contributed by atoms with E-state index in [4.69, 9.17) is 0 Å². The second kappa shape index (κ2) is 6.05. The fraction of sp³-hybridized carbons (Fsp3) is 0.211. The minimum Gasteiger partial charge on any atom is -0.507 e. The Hall–Kier alpha value is -3.15. The first-order valence-corrected chi connectivity index (χ1v) is 8.24. The number of aromatic nitrogens is 3. The Bertz CT molecular complexity index is 944. The van der Waals surface area contributed by atoms with Crippen LogP contribution in [-0.4, -0.2) is 26.0 Å². The highest BCUT2D eigenvalue weighted by atomic mass is 16.3. The molecule has 1 amide bonds. The average Bonchev–Trinajstić information content (AvgIpc) is 3.38. The number of aryl methyl sites for hydroxylation is 1. The Morgan fingerprint density at radius 3 is 2.84 bits per heavy atom. The molecule has 1 saturated carbocycles. The van der Waals surface area contributed by atoms with Crippen molar-refractivity contribution >= 4 is 11.7 Å². The number of hydrogen-bond acceptors (Lipinski definition) is 4. The number of benzene rings is 1. The Morgan fingerprint density at radius 1 is 1.28 bits per heavy atom. The van der Waals surface area contributed by atoms with Gasteiger partial charge in [-0.2, -0.15) is 0 Å². The van der Waals surface area contributed by atoms with Gasteiger partial charge < -0.3 is 15.4 Å². The predicted octanol–water partition coefficient (Wildman–Crippen LogP) is 3.50. The van der Waals surface area contributed by atoms with Crippen molar-refractivity contribution < 1.29 is 9.90 Å². The van der Waals surface area contributed by atoms with Crippen LogP contribution in [0.25, 0.3) is 22.5 Å². The summed E-state index contributed by atoms with van der Waals surface area (Å²) in [6.45, 7) is 1.87. The SMILES string of the molecule is Cc1nc(-c2ccnc(NC(=O)C3CC3)c2)c(-c2ccccc2O)[nH]1. The van der Waals surface area contributed by atoms with E-state index in [1.54, 1.807) is 24.4 Å². The van der Waals surface area contributed by atoms with Crippen LogP contribution in [0.5, 0.6) is 5.75 Å². The quantitative estimate of drug-likeness (QED) is 0.681. The molecule has 0 saturated heterocycles. The number of phenolic OH excluding ortho intramolecular Hbond substituents is 1. The van der Waals surface area contributed by atoms with Gasteiger partial charge in [-0.1, -0.05) is 12.1 Å². The van der Waals surface area contributed by atoms with Gasteiger partial charge in [0.1, 0.15) is 17.4 Å². The summed E-state index contributed by atoms with van der Waals surface area (Å²) in [6, 6.07) is 10.8. The number of nitrogens with zero attached hydrogens (tertiary/aromatic N) is 2. The monoisotopic (exact) mass is 334 g/mol. The summed E-state index contributed by atoms with van der Waals surface area (Å²) in [5.41, 5.74) is 2.95. The van der Waals surface area contributed by atoms with Crippen LogP contribution < -0.4 is 5.32 Å². The van der Waals surface area contributed by atoms with Crippen LogP contribution in [-0.2, 0) is 4.79 Å². The molecule has 4 rings (SSSR count). The van der Waals surface area contributed by atoms with Gasteiger partial charge in [-0.05, 0) is 44.0 Å². The molecule has 3 N–H and O–H groups in total. The van der Waals surface area contributed by atoms with Crippen molar-refractivity contribution in [3.8, 4) is 28.3 Å². The Kier molecular flexibility index (Phi) is 3.72. The van der Waals surface area contributed by atoms with Crippen molar-refractivity contribution in [1.29, 1.82) is 0 Å². The van der Waals surface area contributed by atoms with Gasteiger partial charge in [0, 0.05) is 23.2 Å². The third kappa shape index (κ3) is 3.10. The molecule has 1 aromatic carbocycles. The normalized spacial score (nSPS) is 13.6. The lowest BCUT2D eigenvalue weighted by molar-refractivity contribution is -0.117. The molecular weight excluding hydrogens is 316 g/mol. The van der Waals surface area contributed by atoms with Crippen LogP contribution in [0.3, 0.4) is 0 Å². The summed E-state index contributed by atoms with van der Waals surface area (Å²) in [5, 5.41) is 13.0. The topological polar surface area (TPSA) is 90.9 Å². The molecule has 6 nitrogen and oxygen atoms in total. The fourth-order valence-corrected chi connectivity index (χ4v) is 2.80. The maximum Gasteiger partial charge on any atom is 0.228 e. The number of pyridine rings is 1. The van der Waals surface area contributed by atoms with Crippen molar-refractivity contribution in [2.24, 2.45) is 5.92 Å². The number of carbonyl (C=O) groups is 1. The molecule has 1 fully saturated rings. The lowest BCUT2D eigenvalue weighted by Crippen LogP contribution is -2.14. The van der Waals surface area contributed by atoms with Gasteiger partial charge in [0.25, 0.3) is 0 Å². The summed E-state index contributed by atoms with van der Waals surface area (Å²) in [7, 11) is 0. The Balaban J connectivity index is 1.73. The molecule has 0 aliphatic heterocycles. The highest BCUT2D eigenvalue weighted by Crippen LogP contribution is 2.35. The number of H-pyrrole nitrogens is 1. The first-order chi connectivity index (χ1) is 12.1. The van der Waals surface area contributed by atoms with E-state index >= 15 is 0 Å². The highest BCUT2D eigenvalue weighted by Gasteiger charge is 2.29. The molecule has 0 unspecified atom stereocenters. The standard InChI is InChI=1S/C19H18N4O2/c1-11-21-17(18(22-11)14-4-2-3-5-15(14)24)13-8-9-20-16(10-13)23-19(25)12-6-7-12/h2-5,8-10,12,24H,6-7H2,1H3,(H,21,22)(H,20,23,25). The number of anilines is 1. The van der Waals surface area contributed by atoms with E-state index in [2.05, 4.69) is 20.3 Å². The van der Waals surface area contributed by atoms with E-state index in [0.717, 1.165) is 29.9 Å². The second-order valence-corrected chi connectivity index (χ2v) is 6.26. The molecule has 126 valence electrons. The van der Waals surface area contributed by atoms with Crippen LogP contribution in [0.1, 0.15) is 18.7 Å². The minimum absolute atomic E-state index is 0.0174. The van der Waals surface area contributed by atoms with Gasteiger partial charge in [-0.3, -0.25) is 4.79 Å². The zero-order chi connectivity index (χ0) is 17.4. The lowest BCUT2D eigenvalue weighted by atomic mass is 10.0. The van der Waals surface area contributed by atoms with Crippen molar-refractivity contribution in [3.05, 3.63) is 48.4 Å². The van der Waals surface area contributed by atoms with E-state index in [1.165, 1.54) is 0 Å². The fourth-order valence-electron chi connectivity index (χ4n) is 2.80. The number of carbonyl (C=O) groups excluding carboxylic acids is 1. The number of aromatic hydroxyl groups is 1. The van der Waals surface area contributed by atoms with E-state index in [1.807, 2.05) is 25.1 Å². The molecule has 0 radical (unpaired) electrons. The summed E-state index contributed by atoms with van der Waals surface area (Å²) in [5.74, 6) is 1.58. The largest absolute Gasteiger partial charge is 0.507 e. The van der Waals surface area contributed by atoms with Crippen molar-refractivity contribution in [2.75, 3.05) is 5.32 Å². The zero-order valence-electron chi connectivity index (χ0n) is 13.8. The number of rotatable bonds is 4. The zero-order valence-corrected chi connectivity index (χ0v) is 13.8. The van der Waals surface area contributed by atoms with Crippen LogP contribution in [0.15, 0.2) is 42.6 Å². The molecule has 0 bridgehead atoms. The Morgan fingerprint density at radius 2 is 2.08 bits per heavy atom. The van der Waals surface area contributed by atoms with Crippen LogP contribution in [0.2, 0.25) is 0 Å². The van der Waals surface area contributed by atoms with E-state index in [-0.39, 0.29) is 17.6 Å². The van der Waals surface area contributed by atoms with Crippen LogP contribution >= 0.6 is 0 Å². The number of imidazole rings is 1. The number of amides is 1. The van der Waals surface area contributed by atoms with Gasteiger partial charge in [0.05, 0.1) is 11.4 Å². The van der Waals surface area contributed by atoms with Gasteiger partial charge in [-0.15, -0.1) is 0 Å². The number of nitrogens with one attached hydrogen (secondary N) is 2. The Labute approximate surface area is 145 Å². The van der Waals surface area contributed by atoms with E-state index < -0.39 is 0 Å². The number of aromatic amines is 1. The molecular formula is C19H18N4O2. The van der Waals surface area contributed by atoms with Gasteiger partial charge in [0.2, 0.25) is 5.91 Å². The third-order valence-corrected chi connectivity index (χ3v) is 4.23. The molecule has 6 heteroatoms. The summed E-state index contributed by atoms with van der Waals surface area (Å²) in [4.78, 5) is 23.9. The first kappa shape index (κ1) is 15.4. The number of phenols is 1. The third-order valence-electron chi connectivity index (χ3n) is 4.23. The minimum atomic E-state index is 0.0174. The van der Waals surface area contributed by atoms with Gasteiger partial charge >= 0.3 is 0 Å². The summed E-state index contributed by atoms with van der Waals surface area (Å²) >= 11 is 0. The molecule has 2 heterocycles. The summed E-state index contributed by atoms with van der Waals surface area (Å²) < 4.78 is 0. The van der Waals surface area contributed by atoms with E-state index in [9.17, 15) is 9.90 Å². The van der Waals surface area contributed by atoms with Gasteiger partial charge in [-0.25, -0.2) is 9.97 Å². The first-order valence-electron chi connectivity index (χ1n) is 8.24. The van der Waals surface area contributed by atoms with Crippen molar-refractivity contribution in [1.82, 2.24) is 15.0 Å². The maximum absolute atomic E-state index is 12.0. The predicted molar refractivity (Wildman–Crippen MR) is 95.0 cm³/mol. The van der Waals surface area contributed by atoms with Crippen LogP contribution in [0, 0.1) is 12.8 Å². The average molecular weight is 334 g/mol. The number of hydrogen-bond donors (Lipinski definition) is 3. The molecule has 3 aromatic rings. The van der Waals surface area contributed by atoms with Crippen LogP contribution in [0.4, 0.5) is 5.82 Å². The molecule has 2 aromatic heterocycles. The molecule has 25 heavy (non-hydrogen) atoms. The van der Waals surface area contributed by atoms with E-state index in [0.29, 0.717) is 17.1 Å². The lowest BCUT2D eigenvalue weighted by Gasteiger charge is -2.07. The highest BCUT2D eigenvalue weighted by molar-refractivity contribution is 5.94. The maximum atomic E-state index is 12.0. The molecule has 0 atom stereocenters. The second-order valence-electron chi connectivity index (χ2n) is 6.26. The molecule has 0 spiro atoms. The summed E-state index contributed by atoms with van der Waals surface area (Å²) in [6.07, 6.45) is 3.54. The molecule has 1 aliphatic carbocycles. The van der Waals surface area contributed by atoms with Crippen molar-refractivity contribution in [2.45, 2.75) is 19.8 Å². The van der Waals surface area contributed by atoms with Gasteiger partial charge in [0.15, 0.2) is 0 Å². The van der Waals surface area contributed by atoms with Crippen molar-refractivity contribution in [3.63, 3.8) is 0 Å². The smallest absolute Gasteiger partial charge is 0.228 e.